The van der Waals surface area contributed by atoms with E-state index in [1.807, 2.05) is 54.7 Å². The van der Waals surface area contributed by atoms with E-state index in [0.717, 1.165) is 47.8 Å². The van der Waals surface area contributed by atoms with Gasteiger partial charge in [-0.1, -0.05) is 61.4 Å². The lowest BCUT2D eigenvalue weighted by Crippen LogP contribution is -2.35. The van der Waals surface area contributed by atoms with Crippen LogP contribution >= 0.6 is 0 Å². The van der Waals surface area contributed by atoms with Crippen LogP contribution in [-0.2, 0) is 5.54 Å². The molecule has 2 aliphatic carbocycles. The highest BCUT2D eigenvalue weighted by atomic mass is 16.1. The number of amides is 1. The number of aromatic nitrogens is 3. The fourth-order valence-electron chi connectivity index (χ4n) is 5.11. The van der Waals surface area contributed by atoms with Gasteiger partial charge in [-0.25, -0.2) is 9.97 Å². The number of nitrogens with zero attached hydrogens (tertiary/aromatic N) is 3. The lowest BCUT2D eigenvalue weighted by Gasteiger charge is -2.19. The van der Waals surface area contributed by atoms with Gasteiger partial charge in [0.2, 0.25) is 0 Å². The second-order valence-corrected chi connectivity index (χ2v) is 9.61. The first-order valence-electron chi connectivity index (χ1n) is 12.3. The van der Waals surface area contributed by atoms with Gasteiger partial charge in [0.25, 0.3) is 5.91 Å². The maximum Gasteiger partial charge on any atom is 0.252 e. The van der Waals surface area contributed by atoms with E-state index in [4.69, 9.17) is 9.97 Å². The molecule has 0 bridgehead atoms. The van der Waals surface area contributed by atoms with E-state index in [9.17, 15) is 4.79 Å². The summed E-state index contributed by atoms with van der Waals surface area (Å²) in [5.74, 6) is 1.45. The van der Waals surface area contributed by atoms with Crippen LogP contribution in [0.15, 0.2) is 73.1 Å². The van der Waals surface area contributed by atoms with Crippen molar-refractivity contribution in [2.24, 2.45) is 5.92 Å². The number of carbonyl (C=O) groups excluding carboxylic acids is 1. The molecular formula is C28H29N5O. The Balaban J connectivity index is 1.38. The Morgan fingerprint density at radius 2 is 1.71 bits per heavy atom. The smallest absolute Gasteiger partial charge is 0.252 e. The third kappa shape index (κ3) is 3.94. The van der Waals surface area contributed by atoms with Crippen molar-refractivity contribution in [3.63, 3.8) is 0 Å². The van der Waals surface area contributed by atoms with Crippen LogP contribution in [0, 0.1) is 5.92 Å². The first-order chi connectivity index (χ1) is 16.7. The molecule has 2 N–H and O–H groups in total. The molecule has 2 aliphatic rings. The SMILES string of the molecule is O=C(NC1(c2cnc3c(NCC4CCCC4)nc(-c4ccccc4)cn23)CC1)c1ccccc1. The number of hydrogen-bond acceptors (Lipinski definition) is 4. The number of carbonyl (C=O) groups is 1. The fourth-order valence-corrected chi connectivity index (χ4v) is 5.11. The summed E-state index contributed by atoms with van der Waals surface area (Å²) in [5.41, 5.74) is 4.05. The lowest BCUT2D eigenvalue weighted by atomic mass is 10.1. The van der Waals surface area contributed by atoms with E-state index >= 15 is 0 Å². The number of imidazole rings is 1. The second-order valence-electron chi connectivity index (χ2n) is 9.61. The zero-order valence-corrected chi connectivity index (χ0v) is 19.2. The van der Waals surface area contributed by atoms with Crippen LogP contribution in [0.2, 0.25) is 0 Å². The first kappa shape index (κ1) is 20.9. The van der Waals surface area contributed by atoms with Crippen molar-refractivity contribution in [3.8, 4) is 11.3 Å². The summed E-state index contributed by atoms with van der Waals surface area (Å²) in [4.78, 5) is 22.7. The van der Waals surface area contributed by atoms with Gasteiger partial charge < -0.3 is 10.6 Å². The average Bonchev–Trinajstić information content (AvgIpc) is 3.27. The molecule has 6 heteroatoms. The Morgan fingerprint density at radius 3 is 2.41 bits per heavy atom. The summed E-state index contributed by atoms with van der Waals surface area (Å²) in [7, 11) is 0. The van der Waals surface area contributed by atoms with Gasteiger partial charge in [0, 0.05) is 23.9 Å². The predicted molar refractivity (Wildman–Crippen MR) is 134 cm³/mol. The topological polar surface area (TPSA) is 71.3 Å². The van der Waals surface area contributed by atoms with E-state index in [1.54, 1.807) is 0 Å². The van der Waals surface area contributed by atoms with Crippen molar-refractivity contribution in [3.05, 3.63) is 84.3 Å². The summed E-state index contributed by atoms with van der Waals surface area (Å²) in [5, 5.41) is 6.90. The molecule has 1 amide bonds. The molecule has 34 heavy (non-hydrogen) atoms. The van der Waals surface area contributed by atoms with Crippen molar-refractivity contribution >= 4 is 17.4 Å². The number of hydrogen-bond donors (Lipinski definition) is 2. The van der Waals surface area contributed by atoms with Crippen LogP contribution in [0.1, 0.15) is 54.6 Å². The van der Waals surface area contributed by atoms with Crippen LogP contribution in [0.4, 0.5) is 5.82 Å². The van der Waals surface area contributed by atoms with Crippen molar-refractivity contribution in [2.75, 3.05) is 11.9 Å². The highest BCUT2D eigenvalue weighted by molar-refractivity contribution is 5.95. The van der Waals surface area contributed by atoms with Crippen molar-refractivity contribution in [2.45, 2.75) is 44.1 Å². The minimum Gasteiger partial charge on any atom is -0.367 e. The quantitative estimate of drug-likeness (QED) is 0.394. The molecule has 0 spiro atoms. The zero-order chi connectivity index (χ0) is 23.0. The molecule has 2 fully saturated rings. The van der Waals surface area contributed by atoms with E-state index < -0.39 is 5.54 Å². The highest BCUT2D eigenvalue weighted by Crippen LogP contribution is 2.46. The number of rotatable bonds is 7. The molecule has 6 rings (SSSR count). The van der Waals surface area contributed by atoms with Crippen LogP contribution in [0.3, 0.4) is 0 Å². The molecule has 0 aliphatic heterocycles. The maximum atomic E-state index is 13.0. The van der Waals surface area contributed by atoms with Crippen LogP contribution in [-0.4, -0.2) is 26.8 Å². The minimum atomic E-state index is -0.398. The Hall–Kier alpha value is -3.67. The Morgan fingerprint density at radius 1 is 1.00 bits per heavy atom. The minimum absolute atomic E-state index is 0.0510. The van der Waals surface area contributed by atoms with Gasteiger partial charge in [-0.05, 0) is 43.7 Å². The number of benzene rings is 2. The molecule has 2 aromatic carbocycles. The standard InChI is InChI=1S/C28H29N5O/c34-27(22-13-5-2-6-14-22)32-28(15-16-28)24-18-30-26-25(29-17-20-9-7-8-10-20)31-23(19-33(24)26)21-11-3-1-4-12-21/h1-6,11-14,18-20H,7-10,15-17H2,(H,29,31)(H,32,34). The molecule has 2 saturated carbocycles. The van der Waals surface area contributed by atoms with Gasteiger partial charge in [-0.15, -0.1) is 0 Å². The second kappa shape index (κ2) is 8.60. The highest BCUT2D eigenvalue weighted by Gasteiger charge is 2.48. The Kier molecular flexibility index (Phi) is 5.28. The molecule has 2 aromatic heterocycles. The van der Waals surface area contributed by atoms with Gasteiger partial charge in [0.1, 0.15) is 0 Å². The van der Waals surface area contributed by atoms with Gasteiger partial charge in [0.05, 0.1) is 23.1 Å². The lowest BCUT2D eigenvalue weighted by molar-refractivity contribution is 0.0929. The number of nitrogens with one attached hydrogen (secondary N) is 2. The molecule has 0 atom stereocenters. The molecule has 0 saturated heterocycles. The van der Waals surface area contributed by atoms with E-state index in [1.165, 1.54) is 25.7 Å². The van der Waals surface area contributed by atoms with Crippen molar-refractivity contribution in [1.29, 1.82) is 0 Å². The van der Waals surface area contributed by atoms with E-state index in [2.05, 4.69) is 33.4 Å². The van der Waals surface area contributed by atoms with Gasteiger partial charge in [0.15, 0.2) is 11.5 Å². The third-order valence-electron chi connectivity index (χ3n) is 7.22. The zero-order valence-electron chi connectivity index (χ0n) is 19.2. The maximum absolute atomic E-state index is 13.0. The summed E-state index contributed by atoms with van der Waals surface area (Å²) in [6, 6.07) is 19.6. The molecule has 0 radical (unpaired) electrons. The summed E-state index contributed by atoms with van der Waals surface area (Å²) in [6.07, 6.45) is 10.9. The molecule has 2 heterocycles. The van der Waals surface area contributed by atoms with Crippen LogP contribution < -0.4 is 10.6 Å². The van der Waals surface area contributed by atoms with Gasteiger partial charge in [-0.2, -0.15) is 0 Å². The average molecular weight is 452 g/mol. The monoisotopic (exact) mass is 451 g/mol. The number of anilines is 1. The van der Waals surface area contributed by atoms with Crippen molar-refractivity contribution < 1.29 is 4.79 Å². The fraction of sp³-hybridized carbons (Fsp3) is 0.321. The molecule has 4 aromatic rings. The Labute approximate surface area is 199 Å². The van der Waals surface area contributed by atoms with Crippen LogP contribution in [0.5, 0.6) is 0 Å². The van der Waals surface area contributed by atoms with Crippen LogP contribution in [0.25, 0.3) is 16.9 Å². The molecular weight excluding hydrogens is 422 g/mol. The first-order valence-corrected chi connectivity index (χ1v) is 12.3. The van der Waals surface area contributed by atoms with E-state index in [0.29, 0.717) is 11.5 Å². The normalized spacial score (nSPS) is 17.1. The Bertz CT molecular complexity index is 1300. The third-order valence-corrected chi connectivity index (χ3v) is 7.22. The molecule has 172 valence electrons. The largest absolute Gasteiger partial charge is 0.367 e. The molecule has 0 unspecified atom stereocenters. The van der Waals surface area contributed by atoms with Gasteiger partial charge in [-0.3, -0.25) is 9.20 Å². The summed E-state index contributed by atoms with van der Waals surface area (Å²) in [6.45, 7) is 0.916. The summed E-state index contributed by atoms with van der Waals surface area (Å²) < 4.78 is 2.13. The van der Waals surface area contributed by atoms with Gasteiger partial charge >= 0.3 is 0 Å². The van der Waals surface area contributed by atoms with E-state index in [-0.39, 0.29) is 5.91 Å². The summed E-state index contributed by atoms with van der Waals surface area (Å²) >= 11 is 0. The van der Waals surface area contributed by atoms with Crippen molar-refractivity contribution in [1.82, 2.24) is 19.7 Å². The number of fused-ring (bicyclic) bond motifs is 1. The molecule has 6 nitrogen and oxygen atoms in total. The predicted octanol–water partition coefficient (Wildman–Crippen LogP) is 5.42.